The van der Waals surface area contributed by atoms with Gasteiger partial charge in [0.1, 0.15) is 5.82 Å². The molecule has 2 rings (SSSR count). The minimum atomic E-state index is -0.668. The standard InChI is InChI=1S/C10H12N4O/c11-10-8(6-13-14-10)9(15)5-7-3-1-2-4-12-7/h1-4,6,9,15H,5H2,(H3,11,13,14). The van der Waals surface area contributed by atoms with Crippen molar-refractivity contribution >= 4 is 5.82 Å². The average Bonchev–Trinajstić information content (AvgIpc) is 2.66. The van der Waals surface area contributed by atoms with Gasteiger partial charge in [-0.25, -0.2) is 0 Å². The fraction of sp³-hybridized carbons (Fsp3) is 0.200. The zero-order chi connectivity index (χ0) is 10.7. The second-order valence-electron chi connectivity index (χ2n) is 3.28. The van der Waals surface area contributed by atoms with E-state index in [0.29, 0.717) is 17.8 Å². The van der Waals surface area contributed by atoms with Gasteiger partial charge in [-0.05, 0) is 12.1 Å². The number of aromatic nitrogens is 3. The molecule has 0 saturated heterocycles. The molecule has 4 N–H and O–H groups in total. The molecule has 0 aliphatic heterocycles. The summed E-state index contributed by atoms with van der Waals surface area (Å²) < 4.78 is 0. The van der Waals surface area contributed by atoms with Gasteiger partial charge in [0.15, 0.2) is 0 Å². The number of nitrogens with zero attached hydrogens (tertiary/aromatic N) is 2. The molecule has 2 aromatic rings. The lowest BCUT2D eigenvalue weighted by molar-refractivity contribution is 0.178. The molecule has 0 fully saturated rings. The molecule has 0 bridgehead atoms. The van der Waals surface area contributed by atoms with Crippen molar-refractivity contribution < 1.29 is 5.11 Å². The molecule has 2 aromatic heterocycles. The van der Waals surface area contributed by atoms with Crippen molar-refractivity contribution in [1.29, 1.82) is 0 Å². The summed E-state index contributed by atoms with van der Waals surface area (Å²) in [6.45, 7) is 0. The summed E-state index contributed by atoms with van der Waals surface area (Å²) >= 11 is 0. The van der Waals surface area contributed by atoms with Gasteiger partial charge in [-0.15, -0.1) is 0 Å². The van der Waals surface area contributed by atoms with E-state index in [9.17, 15) is 5.11 Å². The number of hydrogen-bond acceptors (Lipinski definition) is 4. The zero-order valence-electron chi connectivity index (χ0n) is 8.09. The highest BCUT2D eigenvalue weighted by Crippen LogP contribution is 2.20. The van der Waals surface area contributed by atoms with E-state index < -0.39 is 6.10 Å². The van der Waals surface area contributed by atoms with Crippen LogP contribution in [0.5, 0.6) is 0 Å². The molecule has 15 heavy (non-hydrogen) atoms. The normalized spacial score (nSPS) is 12.6. The molecular weight excluding hydrogens is 192 g/mol. The van der Waals surface area contributed by atoms with Crippen LogP contribution in [0.2, 0.25) is 0 Å². The number of anilines is 1. The first-order valence-corrected chi connectivity index (χ1v) is 4.64. The molecule has 2 heterocycles. The van der Waals surface area contributed by atoms with Crippen LogP contribution < -0.4 is 5.73 Å². The molecule has 1 atom stereocenters. The van der Waals surface area contributed by atoms with Crippen LogP contribution in [0.15, 0.2) is 30.6 Å². The number of hydrogen-bond donors (Lipinski definition) is 3. The third kappa shape index (κ3) is 2.13. The van der Waals surface area contributed by atoms with E-state index in [1.54, 1.807) is 6.20 Å². The Bertz CT molecular complexity index is 426. The SMILES string of the molecule is Nc1[nH]ncc1C(O)Cc1ccccn1. The highest BCUT2D eigenvalue weighted by molar-refractivity contribution is 5.38. The van der Waals surface area contributed by atoms with Crippen LogP contribution in [0.3, 0.4) is 0 Å². The summed E-state index contributed by atoms with van der Waals surface area (Å²) in [4.78, 5) is 4.13. The van der Waals surface area contributed by atoms with Gasteiger partial charge >= 0.3 is 0 Å². The maximum Gasteiger partial charge on any atom is 0.124 e. The van der Waals surface area contributed by atoms with Gasteiger partial charge in [0.25, 0.3) is 0 Å². The van der Waals surface area contributed by atoms with E-state index in [-0.39, 0.29) is 0 Å². The Kier molecular flexibility index (Phi) is 2.64. The summed E-state index contributed by atoms with van der Waals surface area (Å²) in [5.74, 6) is 0.401. The molecule has 0 aliphatic carbocycles. The highest BCUT2D eigenvalue weighted by Gasteiger charge is 2.13. The fourth-order valence-electron chi connectivity index (χ4n) is 1.40. The molecule has 5 heteroatoms. The fourth-order valence-corrected chi connectivity index (χ4v) is 1.40. The van der Waals surface area contributed by atoms with Crippen molar-refractivity contribution in [1.82, 2.24) is 15.2 Å². The average molecular weight is 204 g/mol. The van der Waals surface area contributed by atoms with Gasteiger partial charge in [0.2, 0.25) is 0 Å². The predicted molar refractivity (Wildman–Crippen MR) is 55.9 cm³/mol. The first-order valence-electron chi connectivity index (χ1n) is 4.64. The second-order valence-corrected chi connectivity index (χ2v) is 3.28. The van der Waals surface area contributed by atoms with Crippen molar-refractivity contribution in [2.45, 2.75) is 12.5 Å². The van der Waals surface area contributed by atoms with E-state index in [2.05, 4.69) is 15.2 Å². The molecule has 78 valence electrons. The first-order chi connectivity index (χ1) is 7.27. The summed E-state index contributed by atoms with van der Waals surface area (Å²) in [5.41, 5.74) is 7.03. The third-order valence-electron chi connectivity index (χ3n) is 2.19. The molecule has 0 aliphatic rings. The van der Waals surface area contributed by atoms with Gasteiger partial charge < -0.3 is 10.8 Å². The predicted octanol–water partition coefficient (Wildman–Crippen LogP) is 0.663. The van der Waals surface area contributed by atoms with Gasteiger partial charge in [-0.2, -0.15) is 5.10 Å². The van der Waals surface area contributed by atoms with E-state index in [1.807, 2.05) is 18.2 Å². The van der Waals surface area contributed by atoms with Crippen molar-refractivity contribution in [2.24, 2.45) is 0 Å². The van der Waals surface area contributed by atoms with Crippen molar-refractivity contribution in [3.05, 3.63) is 41.9 Å². The number of aliphatic hydroxyl groups excluding tert-OH is 1. The Hall–Kier alpha value is -1.88. The van der Waals surface area contributed by atoms with E-state index in [4.69, 9.17) is 5.73 Å². The smallest absolute Gasteiger partial charge is 0.124 e. The number of pyridine rings is 1. The number of H-pyrrole nitrogens is 1. The molecule has 1 unspecified atom stereocenters. The van der Waals surface area contributed by atoms with Crippen LogP contribution in [0.25, 0.3) is 0 Å². The van der Waals surface area contributed by atoms with Crippen LogP contribution in [0, 0.1) is 0 Å². The Morgan fingerprint density at radius 1 is 1.47 bits per heavy atom. The van der Waals surface area contributed by atoms with Crippen LogP contribution in [-0.4, -0.2) is 20.3 Å². The second kappa shape index (κ2) is 4.10. The van der Waals surface area contributed by atoms with Gasteiger partial charge in [0, 0.05) is 23.9 Å². The number of aromatic amines is 1. The van der Waals surface area contributed by atoms with E-state index >= 15 is 0 Å². The van der Waals surface area contributed by atoms with E-state index in [0.717, 1.165) is 5.69 Å². The van der Waals surface area contributed by atoms with Crippen LogP contribution >= 0.6 is 0 Å². The van der Waals surface area contributed by atoms with Gasteiger partial charge in [-0.3, -0.25) is 10.1 Å². The Morgan fingerprint density at radius 2 is 2.33 bits per heavy atom. The lowest BCUT2D eigenvalue weighted by atomic mass is 10.1. The van der Waals surface area contributed by atoms with Gasteiger partial charge in [0.05, 0.1) is 12.3 Å². The summed E-state index contributed by atoms with van der Waals surface area (Å²) in [7, 11) is 0. The first kappa shape index (κ1) is 9.67. The highest BCUT2D eigenvalue weighted by atomic mass is 16.3. The van der Waals surface area contributed by atoms with Crippen molar-refractivity contribution in [2.75, 3.05) is 5.73 Å². The van der Waals surface area contributed by atoms with Gasteiger partial charge in [-0.1, -0.05) is 6.07 Å². The number of rotatable bonds is 3. The minimum Gasteiger partial charge on any atom is -0.388 e. The number of nitrogens with two attached hydrogens (primary N) is 1. The molecule has 0 aromatic carbocycles. The van der Waals surface area contributed by atoms with Crippen molar-refractivity contribution in [3.63, 3.8) is 0 Å². The van der Waals surface area contributed by atoms with Crippen molar-refractivity contribution in [3.8, 4) is 0 Å². The topological polar surface area (TPSA) is 87.8 Å². The molecule has 5 nitrogen and oxygen atoms in total. The molecule has 0 amide bonds. The molecule has 0 saturated carbocycles. The monoisotopic (exact) mass is 204 g/mol. The largest absolute Gasteiger partial charge is 0.388 e. The van der Waals surface area contributed by atoms with Crippen LogP contribution in [0.4, 0.5) is 5.82 Å². The molecular formula is C10H12N4O. The van der Waals surface area contributed by atoms with Crippen LogP contribution in [-0.2, 0) is 6.42 Å². The summed E-state index contributed by atoms with van der Waals surface area (Å²) in [6.07, 6.45) is 2.99. The maximum atomic E-state index is 9.86. The maximum absolute atomic E-state index is 9.86. The number of aliphatic hydroxyl groups is 1. The molecule has 0 radical (unpaired) electrons. The quantitative estimate of drug-likeness (QED) is 0.685. The minimum absolute atomic E-state index is 0.401. The Morgan fingerprint density at radius 3 is 2.93 bits per heavy atom. The summed E-state index contributed by atoms with van der Waals surface area (Å²) in [5, 5.41) is 16.2. The summed E-state index contributed by atoms with van der Waals surface area (Å²) in [6, 6.07) is 5.58. The molecule has 0 spiro atoms. The third-order valence-corrected chi connectivity index (χ3v) is 2.19. The number of nitrogen functional groups attached to an aromatic ring is 1. The lowest BCUT2D eigenvalue weighted by Crippen LogP contribution is -2.04. The lowest BCUT2D eigenvalue weighted by Gasteiger charge is -2.08. The van der Waals surface area contributed by atoms with Crippen LogP contribution in [0.1, 0.15) is 17.4 Å². The van der Waals surface area contributed by atoms with E-state index in [1.165, 1.54) is 6.20 Å². The Labute approximate surface area is 87.0 Å². The Balaban J connectivity index is 2.11. The zero-order valence-corrected chi connectivity index (χ0v) is 8.09. The number of nitrogens with one attached hydrogen (secondary N) is 1.